The molecule has 2 unspecified atom stereocenters. The number of rotatable bonds is 2. The van der Waals surface area contributed by atoms with Crippen LogP contribution in [0.5, 0.6) is 5.75 Å². The first-order valence-electron chi connectivity index (χ1n) is 10.5. The van der Waals surface area contributed by atoms with Gasteiger partial charge in [0.25, 0.3) is 0 Å². The van der Waals surface area contributed by atoms with Crippen molar-refractivity contribution in [1.82, 2.24) is 0 Å². The Bertz CT molecular complexity index is 943. The smallest absolute Gasteiger partial charge is 0.135 e. The van der Waals surface area contributed by atoms with Crippen LogP contribution in [0, 0.1) is 19.8 Å². The van der Waals surface area contributed by atoms with E-state index in [2.05, 4.69) is 33.1 Å². The Kier molecular flexibility index (Phi) is 6.18. The fraction of sp³-hybridized carbons (Fsp3) is 0.385. The van der Waals surface area contributed by atoms with E-state index < -0.39 is 6.10 Å². The summed E-state index contributed by atoms with van der Waals surface area (Å²) in [5.74, 6) is 2.15. The van der Waals surface area contributed by atoms with Crippen LogP contribution in [0.25, 0.3) is 5.57 Å². The maximum atomic E-state index is 10.5. The van der Waals surface area contributed by atoms with Gasteiger partial charge < -0.3 is 14.9 Å². The second-order valence-corrected chi connectivity index (χ2v) is 8.06. The zero-order valence-corrected chi connectivity index (χ0v) is 18.0. The van der Waals surface area contributed by atoms with Gasteiger partial charge in [-0.3, -0.25) is 0 Å². The summed E-state index contributed by atoms with van der Waals surface area (Å²) in [4.78, 5) is 0. The Balaban J connectivity index is 0.00000117. The monoisotopic (exact) mass is 392 g/mol. The Morgan fingerprint density at radius 3 is 2.55 bits per heavy atom. The van der Waals surface area contributed by atoms with Gasteiger partial charge in [0.1, 0.15) is 11.5 Å². The number of ether oxygens (including phenoxy) is 1. The first kappa shape index (κ1) is 21.2. The molecule has 2 aliphatic carbocycles. The Morgan fingerprint density at radius 1 is 1.14 bits per heavy atom. The molecule has 0 amide bonds. The van der Waals surface area contributed by atoms with Crippen molar-refractivity contribution >= 4 is 5.57 Å². The minimum absolute atomic E-state index is 0.120. The van der Waals surface area contributed by atoms with Gasteiger partial charge in [-0.2, -0.15) is 0 Å². The maximum Gasteiger partial charge on any atom is 0.135 e. The molecule has 3 nitrogen and oxygen atoms in total. The van der Waals surface area contributed by atoms with Crippen molar-refractivity contribution in [2.24, 2.45) is 5.92 Å². The van der Waals surface area contributed by atoms with E-state index in [1.807, 2.05) is 26.0 Å². The number of hydrogen-bond donors (Lipinski definition) is 2. The summed E-state index contributed by atoms with van der Waals surface area (Å²) < 4.78 is 6.26. The first-order valence-corrected chi connectivity index (χ1v) is 10.5. The van der Waals surface area contributed by atoms with E-state index in [0.29, 0.717) is 25.0 Å². The van der Waals surface area contributed by atoms with E-state index >= 15 is 0 Å². The molecule has 0 aromatic heterocycles. The highest BCUT2D eigenvalue weighted by Gasteiger charge is 2.36. The molecule has 1 aromatic rings. The van der Waals surface area contributed by atoms with Crippen molar-refractivity contribution in [3.63, 3.8) is 0 Å². The second kappa shape index (κ2) is 8.46. The van der Waals surface area contributed by atoms with Gasteiger partial charge in [0.05, 0.1) is 11.9 Å². The van der Waals surface area contributed by atoms with Crippen molar-refractivity contribution in [3.05, 3.63) is 82.4 Å². The predicted molar refractivity (Wildman–Crippen MR) is 120 cm³/mol. The molecule has 0 fully saturated rings. The lowest BCUT2D eigenvalue weighted by Crippen LogP contribution is -2.28. The number of aliphatic hydroxyl groups is 2. The number of aryl methyl sites for hydroxylation is 2. The largest absolute Gasteiger partial charge is 0.512 e. The van der Waals surface area contributed by atoms with Crippen LogP contribution in [0.2, 0.25) is 0 Å². The van der Waals surface area contributed by atoms with E-state index in [1.165, 1.54) is 0 Å². The highest BCUT2D eigenvalue weighted by molar-refractivity contribution is 5.85. The molecule has 3 aliphatic rings. The van der Waals surface area contributed by atoms with Crippen molar-refractivity contribution in [2.75, 3.05) is 0 Å². The Labute approximate surface area is 174 Å². The minimum Gasteiger partial charge on any atom is -0.512 e. The summed E-state index contributed by atoms with van der Waals surface area (Å²) in [7, 11) is 0. The van der Waals surface area contributed by atoms with Crippen LogP contribution in [0.15, 0.2) is 65.7 Å². The van der Waals surface area contributed by atoms with Gasteiger partial charge >= 0.3 is 0 Å². The fourth-order valence-electron chi connectivity index (χ4n) is 4.74. The van der Waals surface area contributed by atoms with E-state index in [1.54, 1.807) is 6.08 Å². The Hall–Kier alpha value is -2.52. The quantitative estimate of drug-likeness (QED) is 0.606. The summed E-state index contributed by atoms with van der Waals surface area (Å²) in [6.07, 6.45) is 5.81. The molecule has 0 spiro atoms. The molecule has 0 bridgehead atoms. The number of allylic oxidation sites excluding steroid dienone is 6. The first-order chi connectivity index (χ1) is 13.8. The third-order valence-electron chi connectivity index (χ3n) is 5.65. The van der Waals surface area contributed by atoms with Gasteiger partial charge in [-0.05, 0) is 67.0 Å². The summed E-state index contributed by atoms with van der Waals surface area (Å²) in [6, 6.07) is 4.20. The molecule has 29 heavy (non-hydrogen) atoms. The van der Waals surface area contributed by atoms with Crippen LogP contribution >= 0.6 is 0 Å². The van der Waals surface area contributed by atoms with Gasteiger partial charge in [0, 0.05) is 24.0 Å². The number of fused-ring (bicyclic) bond motifs is 1. The summed E-state index contributed by atoms with van der Waals surface area (Å²) in [6.45, 7) is 16.5. The molecule has 3 heteroatoms. The molecule has 0 saturated carbocycles. The van der Waals surface area contributed by atoms with Gasteiger partial charge in [-0.25, -0.2) is 0 Å². The highest BCUT2D eigenvalue weighted by atomic mass is 16.5. The van der Waals surface area contributed by atoms with Gasteiger partial charge in [0.15, 0.2) is 0 Å². The van der Waals surface area contributed by atoms with Crippen LogP contribution in [-0.4, -0.2) is 16.3 Å². The molecule has 1 heterocycles. The summed E-state index contributed by atoms with van der Waals surface area (Å²) >= 11 is 0. The maximum absolute atomic E-state index is 10.5. The van der Waals surface area contributed by atoms with Crippen LogP contribution in [0.4, 0.5) is 0 Å². The molecule has 154 valence electrons. The van der Waals surface area contributed by atoms with Gasteiger partial charge in [-0.1, -0.05) is 44.7 Å². The molecule has 4 rings (SSSR count). The van der Waals surface area contributed by atoms with Crippen LogP contribution < -0.4 is 4.74 Å². The van der Waals surface area contributed by atoms with E-state index in [4.69, 9.17) is 4.74 Å². The fourth-order valence-corrected chi connectivity index (χ4v) is 4.74. The molecule has 1 aliphatic heterocycles. The third-order valence-corrected chi connectivity index (χ3v) is 5.65. The van der Waals surface area contributed by atoms with Crippen molar-refractivity contribution in [2.45, 2.75) is 59.5 Å². The lowest BCUT2D eigenvalue weighted by molar-refractivity contribution is 0.122. The number of aliphatic hydroxyl groups excluding tert-OH is 2. The highest BCUT2D eigenvalue weighted by Crippen LogP contribution is 2.49. The van der Waals surface area contributed by atoms with E-state index in [-0.39, 0.29) is 5.92 Å². The van der Waals surface area contributed by atoms with Gasteiger partial charge in [-0.15, -0.1) is 0 Å². The van der Waals surface area contributed by atoms with E-state index in [9.17, 15) is 10.2 Å². The van der Waals surface area contributed by atoms with Crippen LogP contribution in [-0.2, 0) is 0 Å². The topological polar surface area (TPSA) is 49.7 Å². The van der Waals surface area contributed by atoms with Crippen LogP contribution in [0.3, 0.4) is 0 Å². The summed E-state index contributed by atoms with van der Waals surface area (Å²) in [5.41, 5.74) is 7.47. The lowest BCUT2D eigenvalue weighted by atomic mass is 9.74. The number of benzene rings is 1. The molecule has 0 saturated heterocycles. The zero-order chi connectivity index (χ0) is 21.3. The average Bonchev–Trinajstić information content (AvgIpc) is 2.61. The molecule has 0 radical (unpaired) electrons. The number of hydrogen-bond acceptors (Lipinski definition) is 3. The SMILES string of the molecule is C=C1C=C(O)CC(CC2CC(O)CC3=C2C(=C)c2c(C)cc(C)cc2O3)=C1.CC. The predicted octanol–water partition coefficient (Wildman–Crippen LogP) is 6.48. The lowest BCUT2D eigenvalue weighted by Gasteiger charge is -2.37. The van der Waals surface area contributed by atoms with Crippen LogP contribution in [0.1, 0.15) is 56.2 Å². The second-order valence-electron chi connectivity index (χ2n) is 8.06. The van der Waals surface area contributed by atoms with Crippen molar-refractivity contribution in [1.29, 1.82) is 0 Å². The normalized spacial score (nSPS) is 23.2. The van der Waals surface area contributed by atoms with Crippen molar-refractivity contribution in [3.8, 4) is 5.75 Å². The van der Waals surface area contributed by atoms with Gasteiger partial charge in [0.2, 0.25) is 0 Å². The average molecular weight is 393 g/mol. The summed E-state index contributed by atoms with van der Waals surface area (Å²) in [5, 5.41) is 20.4. The molecular weight excluding hydrogens is 360 g/mol. The molecular formula is C26H32O3. The zero-order valence-electron chi connectivity index (χ0n) is 18.0. The van der Waals surface area contributed by atoms with Crippen molar-refractivity contribution < 1.29 is 14.9 Å². The Morgan fingerprint density at radius 2 is 1.86 bits per heavy atom. The third kappa shape index (κ3) is 4.25. The minimum atomic E-state index is -0.425. The molecule has 1 aromatic carbocycles. The standard InChI is InChI=1S/C24H26O3.C2H6/c1-13-5-15(3)23-16(4)24-18(9-17-6-14(2)7-19(25)10-17)11-20(26)12-22(24)27-21(23)8-13;1-2/h5-8,18,20,25-26H,2,4,9-12H2,1,3H3;1-2H3. The van der Waals surface area contributed by atoms with E-state index in [0.717, 1.165) is 56.9 Å². The molecule has 2 atom stereocenters. The molecule has 2 N–H and O–H groups in total.